The molecule has 0 aliphatic carbocycles. The molecule has 9 nitrogen and oxygen atoms in total. The first kappa shape index (κ1) is 32.7. The van der Waals surface area contributed by atoms with Gasteiger partial charge in [0.25, 0.3) is 10.0 Å². The summed E-state index contributed by atoms with van der Waals surface area (Å²) < 4.78 is 54.2. The second kappa shape index (κ2) is 13.4. The molecule has 0 fully saturated rings. The molecule has 1 atom stereocenters. The van der Waals surface area contributed by atoms with Crippen LogP contribution in [0, 0.1) is 5.82 Å². The molecule has 0 spiro atoms. The molecule has 3 aromatic rings. The van der Waals surface area contributed by atoms with E-state index in [0.29, 0.717) is 10.8 Å². The van der Waals surface area contributed by atoms with Gasteiger partial charge in [-0.15, -0.1) is 0 Å². The van der Waals surface area contributed by atoms with E-state index in [1.807, 2.05) is 0 Å². The Balaban J connectivity index is 2.09. The number of sulfonamides is 1. The molecule has 0 unspecified atom stereocenters. The topological polar surface area (TPSA) is 105 Å². The predicted octanol–water partition coefficient (Wildman–Crippen LogP) is 5.02. The summed E-state index contributed by atoms with van der Waals surface area (Å²) in [5.41, 5.74) is -0.285. The molecular weight excluding hydrogens is 585 g/mol. The molecule has 3 rings (SSSR count). The summed E-state index contributed by atoms with van der Waals surface area (Å²) in [5, 5.41) is 3.19. The van der Waals surface area contributed by atoms with Crippen LogP contribution < -0.4 is 19.1 Å². The van der Waals surface area contributed by atoms with E-state index in [-0.39, 0.29) is 28.4 Å². The normalized spacial score (nSPS) is 12.3. The summed E-state index contributed by atoms with van der Waals surface area (Å²) in [6.45, 7) is 5.92. The van der Waals surface area contributed by atoms with E-state index in [2.05, 4.69) is 5.32 Å². The third-order valence-corrected chi connectivity index (χ3v) is 8.32. The van der Waals surface area contributed by atoms with Crippen molar-refractivity contribution in [2.45, 2.75) is 50.7 Å². The van der Waals surface area contributed by atoms with E-state index >= 15 is 0 Å². The third-order valence-electron chi connectivity index (χ3n) is 6.30. The standard InChI is InChI=1S/C30H35ClFN3O6S/c1-20(29(37)33-30(2,3)4)34(18-21-9-7-8-10-25(21)32)28(36)19-35(23-13-11-22(31)12-14-23)42(38,39)24-15-16-26(40-5)27(17-24)41-6/h7-17,20H,18-19H2,1-6H3,(H,33,37)/t20-/m1/s1. The minimum atomic E-state index is -4.38. The van der Waals surface area contributed by atoms with E-state index in [9.17, 15) is 22.4 Å². The van der Waals surface area contributed by atoms with Crippen LogP contribution in [0.3, 0.4) is 0 Å². The van der Waals surface area contributed by atoms with Crippen molar-refractivity contribution in [2.24, 2.45) is 0 Å². The monoisotopic (exact) mass is 619 g/mol. The molecule has 0 saturated carbocycles. The van der Waals surface area contributed by atoms with Gasteiger partial charge in [0, 0.05) is 28.7 Å². The van der Waals surface area contributed by atoms with Crippen molar-refractivity contribution in [1.29, 1.82) is 0 Å². The highest BCUT2D eigenvalue weighted by Gasteiger charge is 2.34. The van der Waals surface area contributed by atoms with Crippen LogP contribution in [-0.2, 0) is 26.2 Å². The van der Waals surface area contributed by atoms with Gasteiger partial charge in [-0.1, -0.05) is 29.8 Å². The first-order valence-electron chi connectivity index (χ1n) is 13.0. The van der Waals surface area contributed by atoms with E-state index in [4.69, 9.17) is 21.1 Å². The molecule has 0 aromatic heterocycles. The number of rotatable bonds is 11. The quantitative estimate of drug-likeness (QED) is 0.323. The van der Waals surface area contributed by atoms with Crippen LogP contribution in [-0.4, -0.2) is 57.5 Å². The minimum absolute atomic E-state index is 0.153. The van der Waals surface area contributed by atoms with Gasteiger partial charge in [0.05, 0.1) is 24.8 Å². The lowest BCUT2D eigenvalue weighted by Gasteiger charge is -2.33. The number of halogens is 2. The van der Waals surface area contributed by atoms with Crippen molar-refractivity contribution in [3.05, 3.63) is 83.1 Å². The van der Waals surface area contributed by atoms with Gasteiger partial charge >= 0.3 is 0 Å². The number of amides is 2. The van der Waals surface area contributed by atoms with Gasteiger partial charge in [0.15, 0.2) is 11.5 Å². The number of methoxy groups -OCH3 is 2. The summed E-state index contributed by atoms with van der Waals surface area (Å²) in [4.78, 5) is 28.1. The third kappa shape index (κ3) is 7.92. The average molecular weight is 620 g/mol. The first-order valence-corrected chi connectivity index (χ1v) is 14.8. The summed E-state index contributed by atoms with van der Waals surface area (Å²) in [6, 6.07) is 14.8. The molecule has 42 heavy (non-hydrogen) atoms. The second-order valence-corrected chi connectivity index (χ2v) is 12.8. The molecule has 1 N–H and O–H groups in total. The van der Waals surface area contributed by atoms with Crippen molar-refractivity contribution >= 4 is 39.1 Å². The lowest BCUT2D eigenvalue weighted by molar-refractivity contribution is -0.140. The van der Waals surface area contributed by atoms with E-state index in [0.717, 1.165) is 9.21 Å². The van der Waals surface area contributed by atoms with Crippen LogP contribution in [0.4, 0.5) is 10.1 Å². The Labute approximate surface area is 251 Å². The molecular formula is C30H35ClFN3O6S. The van der Waals surface area contributed by atoms with Crippen molar-refractivity contribution in [2.75, 3.05) is 25.1 Å². The molecule has 0 aliphatic rings. The van der Waals surface area contributed by atoms with Gasteiger partial charge in [0.2, 0.25) is 11.8 Å². The molecule has 3 aromatic carbocycles. The Kier molecular flexibility index (Phi) is 10.5. The number of carbonyl (C=O) groups is 2. The number of hydrogen-bond acceptors (Lipinski definition) is 6. The number of carbonyl (C=O) groups excluding carboxylic acids is 2. The van der Waals surface area contributed by atoms with Gasteiger partial charge in [-0.2, -0.15) is 0 Å². The molecule has 2 amide bonds. The lowest BCUT2D eigenvalue weighted by atomic mass is 10.1. The number of ether oxygens (including phenoxy) is 2. The fraction of sp³-hybridized carbons (Fsp3) is 0.333. The van der Waals surface area contributed by atoms with Gasteiger partial charge in [-0.25, -0.2) is 12.8 Å². The van der Waals surface area contributed by atoms with Crippen LogP contribution in [0.25, 0.3) is 0 Å². The van der Waals surface area contributed by atoms with Gasteiger partial charge in [-0.3, -0.25) is 13.9 Å². The molecule has 0 radical (unpaired) electrons. The maximum atomic E-state index is 14.7. The number of nitrogens with one attached hydrogen (secondary N) is 1. The molecule has 226 valence electrons. The number of nitrogens with zero attached hydrogens (tertiary/aromatic N) is 2. The Morgan fingerprint density at radius 3 is 2.17 bits per heavy atom. The highest BCUT2D eigenvalue weighted by molar-refractivity contribution is 7.92. The zero-order chi connectivity index (χ0) is 31.2. The number of anilines is 1. The number of hydrogen-bond donors (Lipinski definition) is 1. The zero-order valence-corrected chi connectivity index (χ0v) is 25.9. The van der Waals surface area contributed by atoms with Crippen LogP contribution in [0.5, 0.6) is 11.5 Å². The molecule has 0 bridgehead atoms. The predicted molar refractivity (Wildman–Crippen MR) is 160 cm³/mol. The van der Waals surface area contributed by atoms with Gasteiger partial charge < -0.3 is 19.7 Å². The van der Waals surface area contributed by atoms with Crippen LogP contribution >= 0.6 is 11.6 Å². The Morgan fingerprint density at radius 2 is 1.60 bits per heavy atom. The van der Waals surface area contributed by atoms with Crippen molar-refractivity contribution < 1.29 is 31.9 Å². The molecule has 0 aliphatic heterocycles. The Morgan fingerprint density at radius 1 is 0.976 bits per heavy atom. The fourth-order valence-electron chi connectivity index (χ4n) is 4.11. The van der Waals surface area contributed by atoms with Gasteiger partial charge in [0.1, 0.15) is 18.4 Å². The summed E-state index contributed by atoms with van der Waals surface area (Å²) in [7, 11) is -1.58. The number of benzene rings is 3. The SMILES string of the molecule is COc1ccc(S(=O)(=O)N(CC(=O)N(Cc2ccccc2F)[C@H](C)C(=O)NC(C)(C)C)c2ccc(Cl)cc2)cc1OC. The zero-order valence-electron chi connectivity index (χ0n) is 24.4. The van der Waals surface area contributed by atoms with E-state index in [1.165, 1.54) is 81.8 Å². The highest BCUT2D eigenvalue weighted by Crippen LogP contribution is 2.32. The molecule has 0 heterocycles. The summed E-state index contributed by atoms with van der Waals surface area (Å²) in [5.74, 6) is -1.28. The first-order chi connectivity index (χ1) is 19.7. The van der Waals surface area contributed by atoms with Crippen molar-refractivity contribution in [1.82, 2.24) is 10.2 Å². The molecule has 0 saturated heterocycles. The average Bonchev–Trinajstić information content (AvgIpc) is 2.94. The highest BCUT2D eigenvalue weighted by atomic mass is 35.5. The largest absolute Gasteiger partial charge is 0.493 e. The second-order valence-electron chi connectivity index (χ2n) is 10.5. The van der Waals surface area contributed by atoms with E-state index < -0.39 is 45.8 Å². The van der Waals surface area contributed by atoms with Gasteiger partial charge in [-0.05, 0) is 70.2 Å². The maximum Gasteiger partial charge on any atom is 0.264 e. The van der Waals surface area contributed by atoms with Crippen molar-refractivity contribution in [3.63, 3.8) is 0 Å². The summed E-state index contributed by atoms with van der Waals surface area (Å²) in [6.07, 6.45) is 0. The maximum absolute atomic E-state index is 14.7. The Bertz CT molecular complexity index is 1530. The fourth-order valence-corrected chi connectivity index (χ4v) is 5.66. The van der Waals surface area contributed by atoms with Crippen LogP contribution in [0.1, 0.15) is 33.3 Å². The summed E-state index contributed by atoms with van der Waals surface area (Å²) >= 11 is 6.06. The van der Waals surface area contributed by atoms with Crippen molar-refractivity contribution in [3.8, 4) is 11.5 Å². The Hall–Kier alpha value is -3.83. The smallest absolute Gasteiger partial charge is 0.264 e. The lowest BCUT2D eigenvalue weighted by Crippen LogP contribution is -2.54. The van der Waals surface area contributed by atoms with Crippen LogP contribution in [0.2, 0.25) is 5.02 Å². The molecule has 12 heteroatoms. The van der Waals surface area contributed by atoms with E-state index in [1.54, 1.807) is 26.8 Å². The van der Waals surface area contributed by atoms with Crippen LogP contribution in [0.15, 0.2) is 71.6 Å². The minimum Gasteiger partial charge on any atom is -0.493 e.